The first kappa shape index (κ1) is 15.8. The van der Waals surface area contributed by atoms with Crippen LogP contribution in [0.5, 0.6) is 0 Å². The smallest absolute Gasteiger partial charge is 0.244 e. The lowest BCUT2D eigenvalue weighted by Crippen LogP contribution is -2.26. The summed E-state index contributed by atoms with van der Waals surface area (Å²) in [5.74, 6) is 0. The number of nitrogen functional groups attached to an aromatic ring is 1. The van der Waals surface area contributed by atoms with Crippen LogP contribution in [0.2, 0.25) is 4.34 Å². The number of nitrogens with two attached hydrogens (primary N) is 1. The van der Waals surface area contributed by atoms with E-state index in [0.29, 0.717) is 14.5 Å². The number of benzene rings is 1. The van der Waals surface area contributed by atoms with Gasteiger partial charge in [-0.3, -0.25) is 0 Å². The molecule has 0 radical (unpaired) electrons. The second-order valence-corrected chi connectivity index (χ2v) is 8.82. The number of anilines is 1. The van der Waals surface area contributed by atoms with Crippen LogP contribution >= 0.6 is 38.9 Å². The van der Waals surface area contributed by atoms with Gasteiger partial charge in [0.25, 0.3) is 0 Å². The zero-order valence-electron chi connectivity index (χ0n) is 10.5. The molecule has 2 N–H and O–H groups in total. The van der Waals surface area contributed by atoms with E-state index in [1.54, 1.807) is 18.2 Å². The summed E-state index contributed by atoms with van der Waals surface area (Å²) in [6.45, 7) is 0.265. The molecule has 0 aliphatic carbocycles. The van der Waals surface area contributed by atoms with Crippen LogP contribution in [0.15, 0.2) is 39.7 Å². The van der Waals surface area contributed by atoms with E-state index in [1.165, 1.54) is 28.8 Å². The van der Waals surface area contributed by atoms with Crippen LogP contribution in [0.4, 0.5) is 5.69 Å². The third-order valence-corrected chi connectivity index (χ3v) is 6.66. The van der Waals surface area contributed by atoms with E-state index in [-0.39, 0.29) is 11.4 Å². The highest BCUT2D eigenvalue weighted by Crippen LogP contribution is 2.29. The summed E-state index contributed by atoms with van der Waals surface area (Å²) >= 11 is 10.4. The normalized spacial score (nSPS) is 12.0. The molecule has 4 nitrogen and oxygen atoms in total. The van der Waals surface area contributed by atoms with Gasteiger partial charge in [0.15, 0.2) is 0 Å². The minimum absolute atomic E-state index is 0.155. The van der Waals surface area contributed by atoms with Crippen molar-refractivity contribution in [1.82, 2.24) is 4.31 Å². The lowest BCUT2D eigenvalue weighted by molar-refractivity contribution is 0.469. The van der Waals surface area contributed by atoms with Gasteiger partial charge >= 0.3 is 0 Å². The molecule has 8 heteroatoms. The van der Waals surface area contributed by atoms with Crippen molar-refractivity contribution in [2.75, 3.05) is 12.8 Å². The van der Waals surface area contributed by atoms with Crippen molar-refractivity contribution in [3.63, 3.8) is 0 Å². The summed E-state index contributed by atoms with van der Waals surface area (Å²) in [6.07, 6.45) is 0. The molecule has 0 unspecified atom stereocenters. The Balaban J connectivity index is 2.32. The van der Waals surface area contributed by atoms with E-state index in [4.69, 9.17) is 17.3 Å². The van der Waals surface area contributed by atoms with Crippen LogP contribution in [0.1, 0.15) is 4.88 Å². The topological polar surface area (TPSA) is 63.4 Å². The van der Waals surface area contributed by atoms with E-state index >= 15 is 0 Å². The zero-order valence-corrected chi connectivity index (χ0v) is 14.5. The molecule has 0 aliphatic heterocycles. The van der Waals surface area contributed by atoms with Gasteiger partial charge in [-0.25, -0.2) is 8.42 Å². The Morgan fingerprint density at radius 2 is 2.05 bits per heavy atom. The van der Waals surface area contributed by atoms with Gasteiger partial charge in [0.1, 0.15) is 0 Å². The molecule has 0 bridgehead atoms. The average Bonchev–Trinajstić information content (AvgIpc) is 2.77. The molecule has 20 heavy (non-hydrogen) atoms. The maximum absolute atomic E-state index is 12.5. The van der Waals surface area contributed by atoms with E-state index in [0.717, 1.165) is 4.88 Å². The second-order valence-electron chi connectivity index (χ2n) is 4.16. The third kappa shape index (κ3) is 3.35. The number of sulfonamides is 1. The Hall–Kier alpha value is -0.600. The molecule has 0 aliphatic rings. The van der Waals surface area contributed by atoms with Gasteiger partial charge in [0.05, 0.1) is 9.23 Å². The largest absolute Gasteiger partial charge is 0.399 e. The SMILES string of the molecule is CN(Cc1ccc(Cl)s1)S(=O)(=O)c1cc(N)ccc1Br. The quantitative estimate of drug-likeness (QED) is 0.805. The molecular weight excluding hydrogens is 384 g/mol. The number of rotatable bonds is 4. The first-order valence-corrected chi connectivity index (χ1v) is 8.99. The fourth-order valence-electron chi connectivity index (χ4n) is 1.63. The van der Waals surface area contributed by atoms with Crippen molar-refractivity contribution >= 4 is 54.6 Å². The second kappa shape index (κ2) is 6.03. The summed E-state index contributed by atoms with van der Waals surface area (Å²) in [5, 5.41) is 0. The Morgan fingerprint density at radius 3 is 2.65 bits per heavy atom. The van der Waals surface area contributed by atoms with Crippen molar-refractivity contribution in [1.29, 1.82) is 0 Å². The molecular formula is C12H12BrClN2O2S2. The van der Waals surface area contributed by atoms with Crippen LogP contribution in [0.3, 0.4) is 0 Å². The maximum atomic E-state index is 12.5. The molecule has 2 aromatic rings. The summed E-state index contributed by atoms with van der Waals surface area (Å²) in [6, 6.07) is 8.27. The van der Waals surface area contributed by atoms with Crippen LogP contribution < -0.4 is 5.73 Å². The van der Waals surface area contributed by atoms with E-state index < -0.39 is 10.0 Å². The van der Waals surface area contributed by atoms with Crippen LogP contribution in [0, 0.1) is 0 Å². The molecule has 2 rings (SSSR count). The minimum Gasteiger partial charge on any atom is -0.399 e. The van der Waals surface area contributed by atoms with E-state index in [9.17, 15) is 8.42 Å². The van der Waals surface area contributed by atoms with Crippen molar-refractivity contribution in [2.24, 2.45) is 0 Å². The van der Waals surface area contributed by atoms with E-state index in [2.05, 4.69) is 15.9 Å². The highest BCUT2D eigenvalue weighted by molar-refractivity contribution is 9.10. The molecule has 0 spiro atoms. The van der Waals surface area contributed by atoms with Gasteiger partial charge in [-0.15, -0.1) is 11.3 Å². The van der Waals surface area contributed by atoms with Crippen molar-refractivity contribution < 1.29 is 8.42 Å². The molecule has 0 fully saturated rings. The Kier molecular flexibility index (Phi) is 4.76. The van der Waals surface area contributed by atoms with Crippen LogP contribution in [0.25, 0.3) is 0 Å². The highest BCUT2D eigenvalue weighted by atomic mass is 79.9. The fraction of sp³-hybridized carbons (Fsp3) is 0.167. The molecule has 0 atom stereocenters. The lowest BCUT2D eigenvalue weighted by atomic mass is 10.3. The lowest BCUT2D eigenvalue weighted by Gasteiger charge is -2.17. The summed E-state index contributed by atoms with van der Waals surface area (Å²) in [7, 11) is -2.08. The number of halogens is 2. The average molecular weight is 396 g/mol. The molecule has 0 amide bonds. The standard InChI is InChI=1S/C12H12BrClN2O2S2/c1-16(7-9-3-5-12(14)19-9)20(17,18)11-6-8(15)2-4-10(11)13/h2-6H,7,15H2,1H3. The molecule has 0 saturated carbocycles. The van der Waals surface area contributed by atoms with Crippen molar-refractivity contribution in [2.45, 2.75) is 11.4 Å². The highest BCUT2D eigenvalue weighted by Gasteiger charge is 2.24. The minimum atomic E-state index is -3.61. The first-order valence-electron chi connectivity index (χ1n) is 5.56. The van der Waals surface area contributed by atoms with E-state index in [1.807, 2.05) is 6.07 Å². The Bertz CT molecular complexity index is 731. The van der Waals surface area contributed by atoms with Gasteiger partial charge in [0.2, 0.25) is 10.0 Å². The molecule has 1 aromatic heterocycles. The number of thiophene rings is 1. The van der Waals surface area contributed by atoms with Gasteiger partial charge in [-0.1, -0.05) is 11.6 Å². The van der Waals surface area contributed by atoms with Gasteiger partial charge < -0.3 is 5.73 Å². The van der Waals surface area contributed by atoms with Gasteiger partial charge in [0, 0.05) is 28.6 Å². The van der Waals surface area contributed by atoms with Gasteiger partial charge in [-0.05, 0) is 46.3 Å². The van der Waals surface area contributed by atoms with Crippen LogP contribution in [-0.4, -0.2) is 19.8 Å². The zero-order chi connectivity index (χ0) is 14.9. The summed E-state index contributed by atoms with van der Waals surface area (Å²) in [5.41, 5.74) is 6.06. The van der Waals surface area contributed by atoms with Crippen LogP contribution in [-0.2, 0) is 16.6 Å². The maximum Gasteiger partial charge on any atom is 0.244 e. The number of hydrogen-bond acceptors (Lipinski definition) is 4. The molecule has 1 aromatic carbocycles. The van der Waals surface area contributed by atoms with Crippen molar-refractivity contribution in [3.05, 3.63) is 44.0 Å². The fourth-order valence-corrected chi connectivity index (χ4v) is 4.95. The molecule has 1 heterocycles. The van der Waals surface area contributed by atoms with Crippen molar-refractivity contribution in [3.8, 4) is 0 Å². The first-order chi connectivity index (χ1) is 9.30. The predicted octanol–water partition coefficient (Wildman–Crippen LogP) is 3.57. The molecule has 0 saturated heterocycles. The van der Waals surface area contributed by atoms with Gasteiger partial charge in [-0.2, -0.15) is 4.31 Å². The summed E-state index contributed by atoms with van der Waals surface area (Å²) in [4.78, 5) is 1.03. The Labute approximate surface area is 135 Å². The molecule has 108 valence electrons. The third-order valence-electron chi connectivity index (χ3n) is 2.65. The monoisotopic (exact) mass is 394 g/mol. The Morgan fingerprint density at radius 1 is 1.35 bits per heavy atom. The number of hydrogen-bond donors (Lipinski definition) is 1. The number of nitrogens with zero attached hydrogens (tertiary/aromatic N) is 1. The predicted molar refractivity (Wildman–Crippen MR) is 86.5 cm³/mol. The summed E-state index contributed by atoms with van der Waals surface area (Å²) < 4.78 is 27.5.